The van der Waals surface area contributed by atoms with E-state index in [1.165, 1.54) is 4.90 Å². The van der Waals surface area contributed by atoms with E-state index in [-0.39, 0.29) is 18.4 Å². The van der Waals surface area contributed by atoms with Crippen LogP contribution < -0.4 is 4.90 Å². The third kappa shape index (κ3) is 4.22. The fourth-order valence-corrected chi connectivity index (χ4v) is 4.46. The van der Waals surface area contributed by atoms with E-state index < -0.39 is 0 Å². The second-order valence-electron chi connectivity index (χ2n) is 8.07. The summed E-state index contributed by atoms with van der Waals surface area (Å²) in [5.74, 6) is 0.413. The van der Waals surface area contributed by atoms with E-state index in [1.54, 1.807) is 18.3 Å². The lowest BCUT2D eigenvalue weighted by atomic mass is 10.0. The fourth-order valence-electron chi connectivity index (χ4n) is 4.34. The molecule has 166 valence electrons. The van der Waals surface area contributed by atoms with Gasteiger partial charge in [0.2, 0.25) is 0 Å². The summed E-state index contributed by atoms with van der Waals surface area (Å²) in [5, 5.41) is 0.618. The summed E-state index contributed by atoms with van der Waals surface area (Å²) in [5.41, 5.74) is 2.58. The first-order valence-corrected chi connectivity index (χ1v) is 11.3. The number of nitrogens with zero attached hydrogens (tertiary/aromatic N) is 4. The van der Waals surface area contributed by atoms with Gasteiger partial charge in [-0.3, -0.25) is 14.5 Å². The number of amides is 2. The highest BCUT2D eigenvalue weighted by molar-refractivity contribution is 6.35. The third-order valence-corrected chi connectivity index (χ3v) is 6.28. The van der Waals surface area contributed by atoms with Crippen molar-refractivity contribution in [1.29, 1.82) is 0 Å². The van der Waals surface area contributed by atoms with Gasteiger partial charge in [-0.2, -0.15) is 0 Å². The summed E-state index contributed by atoms with van der Waals surface area (Å²) < 4.78 is 0. The number of imide groups is 1. The monoisotopic (exact) mass is 458 g/mol. The summed E-state index contributed by atoms with van der Waals surface area (Å²) >= 11 is 6.00. The Balaban J connectivity index is 1.43. The van der Waals surface area contributed by atoms with Gasteiger partial charge in [-0.15, -0.1) is 0 Å². The van der Waals surface area contributed by atoms with Crippen molar-refractivity contribution in [2.24, 2.45) is 0 Å². The summed E-state index contributed by atoms with van der Waals surface area (Å²) in [4.78, 5) is 37.1. The molecule has 1 saturated heterocycles. The number of carbonyl (C=O) groups excluding carboxylic acids is 2. The molecule has 2 amide bonds. The molecule has 0 N–H and O–H groups in total. The molecule has 0 spiro atoms. The van der Waals surface area contributed by atoms with Gasteiger partial charge >= 0.3 is 0 Å². The van der Waals surface area contributed by atoms with Crippen LogP contribution in [0.1, 0.15) is 11.1 Å². The van der Waals surface area contributed by atoms with E-state index in [1.807, 2.05) is 65.6 Å². The Morgan fingerprint density at radius 2 is 1.42 bits per heavy atom. The maximum absolute atomic E-state index is 13.6. The molecule has 2 aromatic carbocycles. The van der Waals surface area contributed by atoms with E-state index in [4.69, 9.17) is 11.6 Å². The van der Waals surface area contributed by atoms with Crippen molar-refractivity contribution in [3.8, 4) is 0 Å². The first-order valence-electron chi connectivity index (χ1n) is 10.9. The van der Waals surface area contributed by atoms with Gasteiger partial charge in [0.15, 0.2) is 0 Å². The maximum atomic E-state index is 13.6. The molecule has 2 aliphatic rings. The number of hydrogen-bond acceptors (Lipinski definition) is 5. The molecule has 6 nitrogen and oxygen atoms in total. The number of pyridine rings is 1. The second kappa shape index (κ2) is 9.08. The van der Waals surface area contributed by atoms with Crippen LogP contribution in [0.5, 0.6) is 0 Å². The highest BCUT2D eigenvalue weighted by Crippen LogP contribution is 2.33. The number of anilines is 1. The van der Waals surface area contributed by atoms with E-state index in [0.717, 1.165) is 30.0 Å². The fraction of sp³-hybridized carbons (Fsp3) is 0.192. The van der Waals surface area contributed by atoms with Crippen LogP contribution in [0, 0.1) is 0 Å². The molecule has 5 rings (SSSR count). The molecule has 0 aliphatic carbocycles. The number of benzene rings is 2. The molecule has 0 unspecified atom stereocenters. The first kappa shape index (κ1) is 21.2. The van der Waals surface area contributed by atoms with Gasteiger partial charge in [0.25, 0.3) is 11.8 Å². The molecule has 1 aromatic heterocycles. The molecule has 7 heteroatoms. The molecule has 0 radical (unpaired) electrons. The molecule has 33 heavy (non-hydrogen) atoms. The largest absolute Gasteiger partial charge is 0.363 e. The Kier molecular flexibility index (Phi) is 5.84. The smallest absolute Gasteiger partial charge is 0.278 e. The van der Waals surface area contributed by atoms with Crippen LogP contribution in [0.2, 0.25) is 5.02 Å². The minimum Gasteiger partial charge on any atom is -0.363 e. The van der Waals surface area contributed by atoms with Crippen LogP contribution in [0.4, 0.5) is 5.82 Å². The molecule has 3 heterocycles. The van der Waals surface area contributed by atoms with Crippen LogP contribution in [-0.2, 0) is 16.1 Å². The Morgan fingerprint density at radius 1 is 0.758 bits per heavy atom. The van der Waals surface area contributed by atoms with Crippen molar-refractivity contribution in [2.75, 3.05) is 31.1 Å². The molecule has 0 bridgehead atoms. The normalized spacial score (nSPS) is 16.7. The van der Waals surface area contributed by atoms with Gasteiger partial charge in [-0.25, -0.2) is 4.98 Å². The van der Waals surface area contributed by atoms with Crippen molar-refractivity contribution >= 4 is 34.8 Å². The lowest BCUT2D eigenvalue weighted by Gasteiger charge is -2.37. The van der Waals surface area contributed by atoms with Gasteiger partial charge in [0.1, 0.15) is 11.5 Å². The zero-order valence-corrected chi connectivity index (χ0v) is 18.8. The number of hydrogen-bond donors (Lipinski definition) is 0. The predicted octanol–water partition coefficient (Wildman–Crippen LogP) is 3.84. The molecule has 0 atom stereocenters. The Hall–Kier alpha value is -3.64. The first-order chi connectivity index (χ1) is 16.1. The molecule has 2 aliphatic heterocycles. The maximum Gasteiger partial charge on any atom is 0.278 e. The lowest BCUT2D eigenvalue weighted by Crippen LogP contribution is -2.47. The third-order valence-electron chi connectivity index (χ3n) is 6.03. The van der Waals surface area contributed by atoms with Crippen LogP contribution in [-0.4, -0.2) is 52.8 Å². The molecule has 3 aromatic rings. The zero-order chi connectivity index (χ0) is 22.8. The second-order valence-corrected chi connectivity index (χ2v) is 8.51. The summed E-state index contributed by atoms with van der Waals surface area (Å²) in [7, 11) is 0. The Bertz CT molecular complexity index is 1190. The molecule has 0 saturated carbocycles. The Labute approximate surface area is 197 Å². The average Bonchev–Trinajstić information content (AvgIpc) is 3.11. The van der Waals surface area contributed by atoms with E-state index in [2.05, 4.69) is 9.88 Å². The van der Waals surface area contributed by atoms with E-state index in [0.29, 0.717) is 29.4 Å². The van der Waals surface area contributed by atoms with Gasteiger partial charge in [-0.05, 0) is 35.4 Å². The van der Waals surface area contributed by atoms with Gasteiger partial charge in [0.05, 0.1) is 12.1 Å². The topological polar surface area (TPSA) is 56.8 Å². The van der Waals surface area contributed by atoms with Crippen molar-refractivity contribution in [3.63, 3.8) is 0 Å². The van der Waals surface area contributed by atoms with Crippen molar-refractivity contribution in [3.05, 3.63) is 101 Å². The van der Waals surface area contributed by atoms with Crippen molar-refractivity contribution < 1.29 is 9.59 Å². The molecular formula is C26H23ClN4O2. The number of piperazine rings is 1. The molecule has 1 fully saturated rings. The number of rotatable bonds is 5. The average molecular weight is 459 g/mol. The predicted molar refractivity (Wildman–Crippen MR) is 128 cm³/mol. The minimum absolute atomic E-state index is 0.211. The van der Waals surface area contributed by atoms with Gasteiger partial charge < -0.3 is 9.80 Å². The number of halogens is 1. The number of carbonyl (C=O) groups is 2. The number of aromatic nitrogens is 1. The highest BCUT2D eigenvalue weighted by atomic mass is 35.5. The SMILES string of the molecule is O=C1C(c2ccccc2)=C(N2CCN(c3ccccn3)CC2)C(=O)N1Cc1ccc(Cl)cc1. The van der Waals surface area contributed by atoms with Crippen LogP contribution >= 0.6 is 11.6 Å². The minimum atomic E-state index is -0.261. The van der Waals surface area contributed by atoms with Gasteiger partial charge in [-0.1, -0.05) is 60.1 Å². The van der Waals surface area contributed by atoms with Crippen LogP contribution in [0.15, 0.2) is 84.7 Å². The quantitative estimate of drug-likeness (QED) is 0.544. The zero-order valence-electron chi connectivity index (χ0n) is 18.0. The summed E-state index contributed by atoms with van der Waals surface area (Å²) in [6, 6.07) is 22.5. The lowest BCUT2D eigenvalue weighted by molar-refractivity contribution is -0.138. The highest BCUT2D eigenvalue weighted by Gasteiger charge is 2.42. The summed E-state index contributed by atoms with van der Waals surface area (Å²) in [6.07, 6.45) is 1.78. The molecular weight excluding hydrogens is 436 g/mol. The van der Waals surface area contributed by atoms with Crippen molar-refractivity contribution in [2.45, 2.75) is 6.54 Å². The Morgan fingerprint density at radius 3 is 2.09 bits per heavy atom. The van der Waals surface area contributed by atoms with Crippen LogP contribution in [0.3, 0.4) is 0 Å². The van der Waals surface area contributed by atoms with Gasteiger partial charge in [0, 0.05) is 37.4 Å². The van der Waals surface area contributed by atoms with E-state index in [9.17, 15) is 9.59 Å². The standard InChI is InChI=1S/C26H23ClN4O2/c27-21-11-9-19(10-12-21)18-31-25(32)23(20-6-2-1-3-7-20)24(26(31)33)30-16-14-29(15-17-30)22-8-4-5-13-28-22/h1-13H,14-18H2. The van der Waals surface area contributed by atoms with E-state index >= 15 is 0 Å². The van der Waals surface area contributed by atoms with Crippen LogP contribution in [0.25, 0.3) is 5.57 Å². The summed E-state index contributed by atoms with van der Waals surface area (Å²) in [6.45, 7) is 2.93. The van der Waals surface area contributed by atoms with Crippen molar-refractivity contribution in [1.82, 2.24) is 14.8 Å².